The van der Waals surface area contributed by atoms with E-state index in [0.29, 0.717) is 0 Å². The monoisotopic (exact) mass is 304 g/mol. The summed E-state index contributed by atoms with van der Waals surface area (Å²) in [6.07, 6.45) is -3.87. The fraction of sp³-hybridized carbons (Fsp3) is 0.375. The van der Waals surface area contributed by atoms with E-state index in [9.17, 15) is 26.4 Å². The highest BCUT2D eigenvalue weighted by Crippen LogP contribution is 2.21. The molecule has 0 aliphatic heterocycles. The number of aromatic nitrogens is 1. The van der Waals surface area contributed by atoms with Crippen molar-refractivity contribution in [2.75, 3.05) is 13.6 Å². The molecule has 1 rings (SSSR count). The van der Waals surface area contributed by atoms with E-state index in [1.165, 1.54) is 0 Å². The van der Waals surface area contributed by atoms with Gasteiger partial charge in [-0.25, -0.2) is 8.42 Å². The Morgan fingerprint density at radius 1 is 1.44 bits per heavy atom. The summed E-state index contributed by atoms with van der Waals surface area (Å²) in [5, 5.41) is -0.420. The molecule has 1 aromatic rings. The molecule has 10 heteroatoms. The number of rotatable bonds is 3. The summed E-state index contributed by atoms with van der Waals surface area (Å²) in [4.78, 5) is 12.4. The Morgan fingerprint density at radius 3 is 2.44 bits per heavy atom. The number of H-pyrrole nitrogens is 1. The van der Waals surface area contributed by atoms with Crippen LogP contribution in [0.4, 0.5) is 13.2 Å². The summed E-state index contributed by atoms with van der Waals surface area (Å²) in [6, 6.07) is 0.794. The number of sulfonamides is 1. The van der Waals surface area contributed by atoms with E-state index in [-0.39, 0.29) is 4.31 Å². The minimum Gasteiger partial charge on any atom is -0.326 e. The predicted octanol–water partition coefficient (Wildman–Crippen LogP) is 1.21. The molecule has 18 heavy (non-hydrogen) atoms. The predicted molar refractivity (Wildman–Crippen MR) is 57.9 cm³/mol. The van der Waals surface area contributed by atoms with Gasteiger partial charge in [-0.1, -0.05) is 11.6 Å². The second-order valence-electron chi connectivity index (χ2n) is 3.39. The van der Waals surface area contributed by atoms with E-state index in [0.717, 1.165) is 19.3 Å². The van der Waals surface area contributed by atoms with E-state index in [1.807, 2.05) is 4.98 Å². The smallest absolute Gasteiger partial charge is 0.326 e. The fourth-order valence-corrected chi connectivity index (χ4v) is 2.49. The van der Waals surface area contributed by atoms with Gasteiger partial charge in [0.2, 0.25) is 10.0 Å². The van der Waals surface area contributed by atoms with Crippen molar-refractivity contribution in [1.29, 1.82) is 0 Å². The minimum absolute atomic E-state index is 0.122. The molecule has 0 aliphatic rings. The lowest BCUT2D eigenvalue weighted by Crippen LogP contribution is -2.36. The van der Waals surface area contributed by atoms with Crippen LogP contribution in [0, 0.1) is 0 Å². The van der Waals surface area contributed by atoms with Crippen LogP contribution < -0.4 is 5.56 Å². The number of nitrogens with zero attached hydrogens (tertiary/aromatic N) is 1. The molecule has 0 bridgehead atoms. The molecule has 0 amide bonds. The van der Waals surface area contributed by atoms with Crippen molar-refractivity contribution in [3.63, 3.8) is 0 Å². The Hall–Kier alpha value is -1.06. The molecular formula is C8H8ClF3N2O3S. The molecule has 0 spiro atoms. The van der Waals surface area contributed by atoms with Gasteiger partial charge in [0.05, 0.1) is 4.90 Å². The van der Waals surface area contributed by atoms with Crippen molar-refractivity contribution in [1.82, 2.24) is 9.29 Å². The van der Waals surface area contributed by atoms with Gasteiger partial charge in [0, 0.05) is 13.2 Å². The SMILES string of the molecule is CN(CC(F)(F)F)S(=O)(=O)c1c[nH]c(=O)c(Cl)c1. The molecule has 0 aliphatic carbocycles. The third kappa shape index (κ3) is 3.47. The molecule has 0 aromatic carbocycles. The summed E-state index contributed by atoms with van der Waals surface area (Å²) < 4.78 is 59.9. The topological polar surface area (TPSA) is 70.2 Å². The van der Waals surface area contributed by atoms with Crippen LogP contribution in [0.25, 0.3) is 0 Å². The van der Waals surface area contributed by atoms with Crippen molar-refractivity contribution in [3.05, 3.63) is 27.6 Å². The summed E-state index contributed by atoms with van der Waals surface area (Å²) in [7, 11) is -3.57. The Labute approximate surface area is 105 Å². The lowest BCUT2D eigenvalue weighted by atomic mass is 10.5. The molecule has 0 atom stereocenters. The maximum Gasteiger partial charge on any atom is 0.402 e. The summed E-state index contributed by atoms with van der Waals surface area (Å²) in [5.74, 6) is 0. The first-order valence-electron chi connectivity index (χ1n) is 4.45. The van der Waals surface area contributed by atoms with Crippen LogP contribution >= 0.6 is 11.6 Å². The molecule has 1 aromatic heterocycles. The average Bonchev–Trinajstić information content (AvgIpc) is 2.19. The van der Waals surface area contributed by atoms with Crippen LogP contribution in [0.1, 0.15) is 0 Å². The van der Waals surface area contributed by atoms with E-state index >= 15 is 0 Å². The molecule has 0 fully saturated rings. The van der Waals surface area contributed by atoms with Crippen LogP contribution in [0.2, 0.25) is 5.02 Å². The third-order valence-corrected chi connectivity index (χ3v) is 4.00. The standard InChI is InChI=1S/C8H8ClF3N2O3S/c1-14(4-8(10,11)12)18(16,17)5-2-6(9)7(15)13-3-5/h2-3H,4H2,1H3,(H,13,15). The molecule has 5 nitrogen and oxygen atoms in total. The highest BCUT2D eigenvalue weighted by Gasteiger charge is 2.35. The van der Waals surface area contributed by atoms with Gasteiger partial charge in [0.15, 0.2) is 0 Å². The van der Waals surface area contributed by atoms with Gasteiger partial charge >= 0.3 is 6.18 Å². The quantitative estimate of drug-likeness (QED) is 0.912. The van der Waals surface area contributed by atoms with Gasteiger partial charge in [-0.05, 0) is 6.07 Å². The third-order valence-electron chi connectivity index (χ3n) is 1.94. The first kappa shape index (κ1) is 15.0. The van der Waals surface area contributed by atoms with Crippen molar-refractivity contribution in [3.8, 4) is 0 Å². The number of halogens is 4. The van der Waals surface area contributed by atoms with Gasteiger partial charge in [0.25, 0.3) is 5.56 Å². The van der Waals surface area contributed by atoms with Gasteiger partial charge in [-0.15, -0.1) is 0 Å². The molecule has 1 N–H and O–H groups in total. The summed E-state index contributed by atoms with van der Waals surface area (Å²) in [6.45, 7) is -1.63. The second-order valence-corrected chi connectivity index (χ2v) is 5.84. The van der Waals surface area contributed by atoms with E-state index in [1.54, 1.807) is 0 Å². The van der Waals surface area contributed by atoms with E-state index in [2.05, 4.69) is 0 Å². The Morgan fingerprint density at radius 2 is 2.00 bits per heavy atom. The summed E-state index contributed by atoms with van der Waals surface area (Å²) >= 11 is 5.41. The first-order chi connectivity index (χ1) is 8.04. The Kier molecular flexibility index (Phi) is 4.08. The van der Waals surface area contributed by atoms with Gasteiger partial charge in [-0.2, -0.15) is 17.5 Å². The number of hydrogen-bond acceptors (Lipinski definition) is 3. The average molecular weight is 305 g/mol. The first-order valence-corrected chi connectivity index (χ1v) is 6.27. The molecule has 1 heterocycles. The van der Waals surface area contributed by atoms with Crippen molar-refractivity contribution in [2.24, 2.45) is 0 Å². The number of aromatic amines is 1. The minimum atomic E-state index is -4.66. The molecular weight excluding hydrogens is 297 g/mol. The number of alkyl halides is 3. The van der Waals surface area contributed by atoms with Gasteiger partial charge in [0.1, 0.15) is 11.6 Å². The zero-order valence-corrected chi connectivity index (χ0v) is 10.5. The van der Waals surface area contributed by atoms with E-state index in [4.69, 9.17) is 11.6 Å². The maximum absolute atomic E-state index is 12.1. The van der Waals surface area contributed by atoms with Crippen LogP contribution in [-0.4, -0.2) is 37.5 Å². The van der Waals surface area contributed by atoms with Crippen molar-refractivity contribution < 1.29 is 21.6 Å². The molecule has 0 saturated carbocycles. The van der Waals surface area contributed by atoms with Crippen molar-refractivity contribution >= 4 is 21.6 Å². The van der Waals surface area contributed by atoms with Crippen LogP contribution in [-0.2, 0) is 10.0 Å². The zero-order valence-electron chi connectivity index (χ0n) is 8.95. The van der Waals surface area contributed by atoms with Crippen molar-refractivity contribution in [2.45, 2.75) is 11.1 Å². The van der Waals surface area contributed by atoms with Crippen LogP contribution in [0.15, 0.2) is 22.0 Å². The lowest BCUT2D eigenvalue weighted by molar-refractivity contribution is -0.134. The number of hydrogen-bond donors (Lipinski definition) is 1. The highest BCUT2D eigenvalue weighted by atomic mass is 35.5. The number of nitrogens with one attached hydrogen (secondary N) is 1. The lowest BCUT2D eigenvalue weighted by Gasteiger charge is -2.18. The molecule has 102 valence electrons. The largest absolute Gasteiger partial charge is 0.402 e. The van der Waals surface area contributed by atoms with E-state index < -0.39 is 38.2 Å². The molecule has 0 radical (unpaired) electrons. The zero-order chi connectivity index (χ0) is 14.1. The number of pyridine rings is 1. The second kappa shape index (κ2) is 4.90. The maximum atomic E-state index is 12.1. The molecule has 0 unspecified atom stereocenters. The highest BCUT2D eigenvalue weighted by molar-refractivity contribution is 7.89. The Bertz CT molecular complexity index is 596. The van der Waals surface area contributed by atoms with Crippen LogP contribution in [0.5, 0.6) is 0 Å². The summed E-state index contributed by atoms with van der Waals surface area (Å²) in [5.41, 5.74) is -0.728. The Balaban J connectivity index is 3.13. The normalized spacial score (nSPS) is 13.0. The van der Waals surface area contributed by atoms with Gasteiger partial charge < -0.3 is 4.98 Å². The molecule has 0 saturated heterocycles. The fourth-order valence-electron chi connectivity index (χ4n) is 1.10. The van der Waals surface area contributed by atoms with Crippen LogP contribution in [0.3, 0.4) is 0 Å². The van der Waals surface area contributed by atoms with Gasteiger partial charge in [-0.3, -0.25) is 4.79 Å².